The molecule has 1 atom stereocenters. The van der Waals surface area contributed by atoms with Crippen molar-refractivity contribution in [2.75, 3.05) is 19.6 Å². The van der Waals surface area contributed by atoms with Crippen molar-refractivity contribution in [2.24, 2.45) is 5.92 Å². The maximum Gasteiger partial charge on any atom is 0.417 e. The third kappa shape index (κ3) is 4.41. The first-order chi connectivity index (χ1) is 13.7. The topological polar surface area (TPSA) is 80.1 Å². The van der Waals surface area contributed by atoms with Crippen molar-refractivity contribution in [3.05, 3.63) is 41.3 Å². The van der Waals surface area contributed by atoms with Gasteiger partial charge in [-0.2, -0.15) is 18.3 Å². The second kappa shape index (κ2) is 8.22. The number of nitrogens with one attached hydrogen (secondary N) is 1. The number of carbonyl (C=O) groups excluding carboxylic acids is 2. The Balaban J connectivity index is 1.78. The van der Waals surface area contributed by atoms with E-state index in [0.717, 1.165) is 25.1 Å². The molecule has 0 aromatic carbocycles. The summed E-state index contributed by atoms with van der Waals surface area (Å²) in [5, 5.41) is 6.91. The fraction of sp³-hybridized carbons (Fsp3) is 0.474. The maximum absolute atomic E-state index is 12.9. The van der Waals surface area contributed by atoms with Gasteiger partial charge in [0.1, 0.15) is 0 Å². The number of halogens is 3. The maximum atomic E-state index is 12.9. The molecule has 0 bridgehead atoms. The summed E-state index contributed by atoms with van der Waals surface area (Å²) in [5.74, 6) is -0.381. The van der Waals surface area contributed by atoms with Crippen molar-refractivity contribution < 1.29 is 22.8 Å². The third-order valence-corrected chi connectivity index (χ3v) is 4.96. The predicted molar refractivity (Wildman–Crippen MR) is 98.4 cm³/mol. The minimum atomic E-state index is -4.47. The Morgan fingerprint density at radius 2 is 2.03 bits per heavy atom. The monoisotopic (exact) mass is 409 g/mol. The van der Waals surface area contributed by atoms with Crippen LogP contribution in [0.5, 0.6) is 0 Å². The Hall–Kier alpha value is -2.91. The number of hydrogen-bond acceptors (Lipinski definition) is 4. The second-order valence-corrected chi connectivity index (χ2v) is 6.94. The van der Waals surface area contributed by atoms with E-state index in [9.17, 15) is 22.8 Å². The number of piperidine rings is 1. The fourth-order valence-electron chi connectivity index (χ4n) is 3.39. The molecular formula is C19H22F3N5O2. The number of nitrogens with zero attached hydrogens (tertiary/aromatic N) is 4. The van der Waals surface area contributed by atoms with Gasteiger partial charge in [-0.15, -0.1) is 0 Å². The van der Waals surface area contributed by atoms with Gasteiger partial charge in [0, 0.05) is 25.8 Å². The molecule has 2 amide bonds. The van der Waals surface area contributed by atoms with Crippen molar-refractivity contribution in [2.45, 2.75) is 32.9 Å². The molecule has 1 N–H and O–H groups in total. The number of hydrogen-bond donors (Lipinski definition) is 1. The van der Waals surface area contributed by atoms with Crippen LogP contribution in [0.2, 0.25) is 0 Å². The number of pyridine rings is 1. The van der Waals surface area contributed by atoms with Gasteiger partial charge in [-0.05, 0) is 38.8 Å². The Labute approximate surface area is 165 Å². The molecule has 156 valence electrons. The highest BCUT2D eigenvalue weighted by Crippen LogP contribution is 2.29. The summed E-state index contributed by atoms with van der Waals surface area (Å²) in [6, 6.07) is 2.13. The number of amides is 2. The number of rotatable bonds is 4. The summed E-state index contributed by atoms with van der Waals surface area (Å²) in [6.45, 7) is 4.91. The number of alkyl halides is 3. The molecule has 29 heavy (non-hydrogen) atoms. The van der Waals surface area contributed by atoms with Crippen LogP contribution in [0.4, 0.5) is 13.2 Å². The van der Waals surface area contributed by atoms with E-state index >= 15 is 0 Å². The molecule has 2 aromatic heterocycles. The fourth-order valence-corrected chi connectivity index (χ4v) is 3.39. The smallest absolute Gasteiger partial charge is 0.356 e. The van der Waals surface area contributed by atoms with E-state index in [1.54, 1.807) is 11.8 Å². The highest BCUT2D eigenvalue weighted by molar-refractivity contribution is 5.95. The molecule has 1 fully saturated rings. The lowest BCUT2D eigenvalue weighted by Crippen LogP contribution is -2.45. The highest BCUT2D eigenvalue weighted by Gasteiger charge is 2.32. The largest absolute Gasteiger partial charge is 0.417 e. The van der Waals surface area contributed by atoms with Crippen LogP contribution in [0, 0.1) is 12.8 Å². The van der Waals surface area contributed by atoms with E-state index in [-0.39, 0.29) is 23.6 Å². The van der Waals surface area contributed by atoms with E-state index in [0.29, 0.717) is 30.9 Å². The average Bonchev–Trinajstić information content (AvgIpc) is 3.08. The van der Waals surface area contributed by atoms with Crippen LogP contribution in [0.15, 0.2) is 24.5 Å². The molecule has 1 aliphatic rings. The average molecular weight is 409 g/mol. The van der Waals surface area contributed by atoms with Crippen LogP contribution in [-0.4, -0.2) is 51.1 Å². The SMILES string of the molecule is CCNC(=O)C1CCCN(C(=O)c2cnn(-c3ccc(C(F)(F)F)cn3)c2C)C1. The third-order valence-electron chi connectivity index (χ3n) is 4.96. The molecule has 2 aromatic rings. The number of aromatic nitrogens is 3. The molecule has 3 heterocycles. The molecule has 1 aliphatic heterocycles. The van der Waals surface area contributed by atoms with Crippen molar-refractivity contribution >= 4 is 11.8 Å². The van der Waals surface area contributed by atoms with Gasteiger partial charge in [-0.3, -0.25) is 9.59 Å². The lowest BCUT2D eigenvalue weighted by Gasteiger charge is -2.32. The molecule has 1 saturated heterocycles. The van der Waals surface area contributed by atoms with Crippen LogP contribution >= 0.6 is 0 Å². The number of carbonyl (C=O) groups is 2. The van der Waals surface area contributed by atoms with Crippen LogP contribution in [0.25, 0.3) is 5.82 Å². The Bertz CT molecular complexity index is 892. The highest BCUT2D eigenvalue weighted by atomic mass is 19.4. The van der Waals surface area contributed by atoms with Gasteiger partial charge in [-0.1, -0.05) is 0 Å². The van der Waals surface area contributed by atoms with Gasteiger partial charge >= 0.3 is 6.18 Å². The van der Waals surface area contributed by atoms with Crippen molar-refractivity contribution in [3.63, 3.8) is 0 Å². The van der Waals surface area contributed by atoms with Gasteiger partial charge < -0.3 is 10.2 Å². The normalized spacial score (nSPS) is 17.3. The first-order valence-corrected chi connectivity index (χ1v) is 9.37. The van der Waals surface area contributed by atoms with Crippen molar-refractivity contribution in [1.82, 2.24) is 25.0 Å². The quantitative estimate of drug-likeness (QED) is 0.842. The summed E-state index contributed by atoms with van der Waals surface area (Å²) in [5.41, 5.74) is -0.0438. The van der Waals surface area contributed by atoms with Crippen LogP contribution < -0.4 is 5.32 Å². The summed E-state index contributed by atoms with van der Waals surface area (Å²) in [7, 11) is 0. The van der Waals surface area contributed by atoms with Crippen LogP contribution in [0.3, 0.4) is 0 Å². The zero-order valence-corrected chi connectivity index (χ0v) is 16.2. The molecular weight excluding hydrogens is 387 g/mol. The van der Waals surface area contributed by atoms with Crippen molar-refractivity contribution in [1.29, 1.82) is 0 Å². The van der Waals surface area contributed by atoms with E-state index in [1.165, 1.54) is 16.9 Å². The zero-order chi connectivity index (χ0) is 21.2. The summed E-state index contributed by atoms with van der Waals surface area (Å²) in [6.07, 6.45) is -0.905. The molecule has 3 rings (SSSR count). The molecule has 0 radical (unpaired) electrons. The molecule has 0 spiro atoms. The van der Waals surface area contributed by atoms with E-state index in [2.05, 4.69) is 15.4 Å². The van der Waals surface area contributed by atoms with Crippen LogP contribution in [-0.2, 0) is 11.0 Å². The minimum Gasteiger partial charge on any atom is -0.356 e. The van der Waals surface area contributed by atoms with Gasteiger partial charge in [0.15, 0.2) is 5.82 Å². The van der Waals surface area contributed by atoms with E-state index < -0.39 is 11.7 Å². The van der Waals surface area contributed by atoms with Crippen LogP contribution in [0.1, 0.15) is 41.4 Å². The Morgan fingerprint density at radius 3 is 2.66 bits per heavy atom. The summed E-state index contributed by atoms with van der Waals surface area (Å²) < 4.78 is 39.5. The summed E-state index contributed by atoms with van der Waals surface area (Å²) in [4.78, 5) is 30.5. The van der Waals surface area contributed by atoms with Crippen molar-refractivity contribution in [3.8, 4) is 5.82 Å². The second-order valence-electron chi connectivity index (χ2n) is 6.94. The molecule has 0 aliphatic carbocycles. The molecule has 0 saturated carbocycles. The predicted octanol–water partition coefficient (Wildman–Crippen LogP) is 2.58. The van der Waals surface area contributed by atoms with Gasteiger partial charge in [0.2, 0.25) is 5.91 Å². The van der Waals surface area contributed by atoms with Gasteiger partial charge in [-0.25, -0.2) is 9.67 Å². The zero-order valence-electron chi connectivity index (χ0n) is 16.2. The lowest BCUT2D eigenvalue weighted by atomic mass is 9.96. The first-order valence-electron chi connectivity index (χ1n) is 9.37. The summed E-state index contributed by atoms with van der Waals surface area (Å²) >= 11 is 0. The van der Waals surface area contributed by atoms with Gasteiger partial charge in [0.05, 0.1) is 28.9 Å². The standard InChI is InChI=1S/C19H22F3N5O2/c1-3-23-17(28)13-5-4-8-26(11-13)18(29)15-10-25-27(12(15)2)16-7-6-14(9-24-16)19(20,21)22/h6-7,9-10,13H,3-5,8,11H2,1-2H3,(H,23,28). The minimum absolute atomic E-state index is 0.0635. The first kappa shape index (κ1) is 20.8. The van der Waals surface area contributed by atoms with E-state index in [1.807, 2.05) is 6.92 Å². The van der Waals surface area contributed by atoms with Gasteiger partial charge in [0.25, 0.3) is 5.91 Å². The molecule has 7 nitrogen and oxygen atoms in total. The Kier molecular flexibility index (Phi) is 5.90. The molecule has 10 heteroatoms. The number of likely N-dealkylation sites (tertiary alicyclic amines) is 1. The Morgan fingerprint density at radius 1 is 1.28 bits per heavy atom. The molecule has 1 unspecified atom stereocenters. The van der Waals surface area contributed by atoms with E-state index in [4.69, 9.17) is 0 Å². The lowest BCUT2D eigenvalue weighted by molar-refractivity contribution is -0.137.